The topological polar surface area (TPSA) is 63.3 Å². The van der Waals surface area contributed by atoms with Crippen molar-refractivity contribution < 1.29 is 0 Å². The molecule has 150 valence electrons. The molecular formula is C19H32IN7. The van der Waals surface area contributed by atoms with Gasteiger partial charge in [0.05, 0.1) is 18.9 Å². The number of rotatable bonds is 5. The molecule has 1 saturated heterocycles. The average molecular weight is 485 g/mol. The van der Waals surface area contributed by atoms with E-state index in [0.29, 0.717) is 24.4 Å². The molecule has 27 heavy (non-hydrogen) atoms. The van der Waals surface area contributed by atoms with E-state index in [0.717, 1.165) is 37.8 Å². The predicted octanol–water partition coefficient (Wildman–Crippen LogP) is 3.01. The van der Waals surface area contributed by atoms with E-state index in [1.165, 1.54) is 0 Å². The summed E-state index contributed by atoms with van der Waals surface area (Å²) >= 11 is 0. The minimum atomic E-state index is 0. The summed E-state index contributed by atoms with van der Waals surface area (Å²) in [4.78, 5) is 15.6. The lowest BCUT2D eigenvalue weighted by atomic mass is 9.93. The molecule has 0 radical (unpaired) electrons. The quantitative estimate of drug-likeness (QED) is 0.402. The number of nitrogens with zero attached hydrogens (tertiary/aromatic N) is 6. The van der Waals surface area contributed by atoms with E-state index in [2.05, 4.69) is 67.5 Å². The van der Waals surface area contributed by atoms with Crippen LogP contribution >= 0.6 is 24.0 Å². The van der Waals surface area contributed by atoms with Gasteiger partial charge in [0.2, 0.25) is 0 Å². The van der Waals surface area contributed by atoms with Crippen LogP contribution in [0.2, 0.25) is 0 Å². The summed E-state index contributed by atoms with van der Waals surface area (Å²) in [7, 11) is 1.85. The third-order valence-electron chi connectivity index (χ3n) is 5.11. The summed E-state index contributed by atoms with van der Waals surface area (Å²) in [5, 5.41) is 3.50. The smallest absolute Gasteiger partial charge is 0.194 e. The molecule has 0 spiro atoms. The number of aliphatic imine (C=N–C) groups is 1. The first-order chi connectivity index (χ1) is 12.6. The minimum Gasteiger partial charge on any atom is -0.349 e. The molecule has 7 nitrogen and oxygen atoms in total. The summed E-state index contributed by atoms with van der Waals surface area (Å²) in [5.41, 5.74) is 0. The van der Waals surface area contributed by atoms with Gasteiger partial charge >= 0.3 is 0 Å². The maximum absolute atomic E-state index is 4.51. The van der Waals surface area contributed by atoms with Crippen molar-refractivity contribution in [1.82, 2.24) is 29.3 Å². The fourth-order valence-corrected chi connectivity index (χ4v) is 3.65. The van der Waals surface area contributed by atoms with Crippen LogP contribution < -0.4 is 5.32 Å². The highest BCUT2D eigenvalue weighted by molar-refractivity contribution is 14.0. The SMILES string of the molecule is CN=C(NCc1nccn1CC(C)C)N1CCC(C)C(n2ccnc2)C1.I. The number of aromatic nitrogens is 4. The van der Waals surface area contributed by atoms with Gasteiger partial charge in [0.15, 0.2) is 5.96 Å². The Morgan fingerprint density at radius 3 is 2.81 bits per heavy atom. The number of piperidine rings is 1. The van der Waals surface area contributed by atoms with Crippen LogP contribution in [-0.4, -0.2) is 50.1 Å². The number of imidazole rings is 2. The Morgan fingerprint density at radius 1 is 1.33 bits per heavy atom. The van der Waals surface area contributed by atoms with E-state index in [-0.39, 0.29) is 24.0 Å². The normalized spacial score (nSPS) is 20.6. The summed E-state index contributed by atoms with van der Waals surface area (Å²) in [6.07, 6.45) is 10.9. The van der Waals surface area contributed by atoms with Crippen molar-refractivity contribution in [2.24, 2.45) is 16.8 Å². The van der Waals surface area contributed by atoms with Crippen molar-refractivity contribution in [2.45, 2.75) is 46.3 Å². The molecule has 0 aromatic carbocycles. The molecule has 0 amide bonds. The van der Waals surface area contributed by atoms with Gasteiger partial charge in [0, 0.05) is 51.5 Å². The summed E-state index contributed by atoms with van der Waals surface area (Å²) in [6, 6.07) is 0.424. The Bertz CT molecular complexity index is 707. The van der Waals surface area contributed by atoms with Crippen LogP contribution in [0.25, 0.3) is 0 Å². The molecule has 1 aliphatic heterocycles. The number of hydrogen-bond donors (Lipinski definition) is 1. The largest absolute Gasteiger partial charge is 0.349 e. The molecule has 2 aromatic heterocycles. The second kappa shape index (κ2) is 10.1. The highest BCUT2D eigenvalue weighted by atomic mass is 127. The van der Waals surface area contributed by atoms with Crippen LogP contribution in [0.1, 0.15) is 39.1 Å². The number of halogens is 1. The van der Waals surface area contributed by atoms with E-state index in [1.807, 2.05) is 25.8 Å². The molecule has 0 aliphatic carbocycles. The van der Waals surface area contributed by atoms with Gasteiger partial charge in [-0.25, -0.2) is 9.97 Å². The first kappa shape index (κ1) is 21.7. The molecular weight excluding hydrogens is 453 g/mol. The summed E-state index contributed by atoms with van der Waals surface area (Å²) in [5.74, 6) is 3.22. The molecule has 0 saturated carbocycles. The molecule has 2 aromatic rings. The van der Waals surface area contributed by atoms with Crippen molar-refractivity contribution >= 4 is 29.9 Å². The molecule has 3 heterocycles. The van der Waals surface area contributed by atoms with Gasteiger partial charge in [-0.3, -0.25) is 4.99 Å². The van der Waals surface area contributed by atoms with Crippen LogP contribution in [-0.2, 0) is 13.1 Å². The first-order valence-corrected chi connectivity index (χ1v) is 9.51. The monoisotopic (exact) mass is 485 g/mol. The van der Waals surface area contributed by atoms with E-state index in [9.17, 15) is 0 Å². The third-order valence-corrected chi connectivity index (χ3v) is 5.11. The molecule has 2 unspecified atom stereocenters. The molecule has 1 aliphatic rings. The van der Waals surface area contributed by atoms with Crippen molar-refractivity contribution in [2.75, 3.05) is 20.1 Å². The predicted molar refractivity (Wildman–Crippen MR) is 119 cm³/mol. The fraction of sp³-hybridized carbons (Fsp3) is 0.632. The van der Waals surface area contributed by atoms with Crippen LogP contribution in [0.15, 0.2) is 36.1 Å². The number of nitrogens with one attached hydrogen (secondary N) is 1. The molecule has 0 bridgehead atoms. The van der Waals surface area contributed by atoms with Crippen LogP contribution in [0.3, 0.4) is 0 Å². The van der Waals surface area contributed by atoms with E-state index < -0.39 is 0 Å². The van der Waals surface area contributed by atoms with Crippen LogP contribution in [0, 0.1) is 11.8 Å². The first-order valence-electron chi connectivity index (χ1n) is 9.51. The number of hydrogen-bond acceptors (Lipinski definition) is 3. The van der Waals surface area contributed by atoms with Gasteiger partial charge in [-0.15, -0.1) is 24.0 Å². The highest BCUT2D eigenvalue weighted by Gasteiger charge is 2.28. The van der Waals surface area contributed by atoms with Crippen molar-refractivity contribution in [3.63, 3.8) is 0 Å². The van der Waals surface area contributed by atoms with Gasteiger partial charge in [-0.1, -0.05) is 20.8 Å². The van der Waals surface area contributed by atoms with Gasteiger partial charge in [-0.2, -0.15) is 0 Å². The van der Waals surface area contributed by atoms with Crippen LogP contribution in [0.4, 0.5) is 0 Å². The zero-order valence-corrected chi connectivity index (χ0v) is 19.1. The maximum Gasteiger partial charge on any atom is 0.194 e. The molecule has 8 heteroatoms. The van der Waals surface area contributed by atoms with Crippen LogP contribution in [0.5, 0.6) is 0 Å². The Kier molecular flexibility index (Phi) is 8.12. The van der Waals surface area contributed by atoms with Gasteiger partial charge in [0.25, 0.3) is 0 Å². The maximum atomic E-state index is 4.51. The van der Waals surface area contributed by atoms with Gasteiger partial charge in [0.1, 0.15) is 5.82 Å². The Morgan fingerprint density at radius 2 is 2.15 bits per heavy atom. The van der Waals surface area contributed by atoms with Gasteiger partial charge < -0.3 is 19.4 Å². The second-order valence-electron chi connectivity index (χ2n) is 7.58. The van der Waals surface area contributed by atoms with E-state index >= 15 is 0 Å². The minimum absolute atomic E-state index is 0. The van der Waals surface area contributed by atoms with E-state index in [4.69, 9.17) is 0 Å². The fourth-order valence-electron chi connectivity index (χ4n) is 3.65. The molecule has 1 fully saturated rings. The van der Waals surface area contributed by atoms with Crippen molar-refractivity contribution in [3.05, 3.63) is 36.9 Å². The number of guanidine groups is 1. The lowest BCUT2D eigenvalue weighted by Gasteiger charge is -2.39. The van der Waals surface area contributed by atoms with E-state index in [1.54, 1.807) is 0 Å². The second-order valence-corrected chi connectivity index (χ2v) is 7.58. The summed E-state index contributed by atoms with van der Waals surface area (Å²) < 4.78 is 4.44. The van der Waals surface area contributed by atoms with Crippen molar-refractivity contribution in [1.29, 1.82) is 0 Å². The molecule has 2 atom stereocenters. The molecule has 1 N–H and O–H groups in total. The average Bonchev–Trinajstić information content (AvgIpc) is 3.28. The Hall–Kier alpha value is -1.58. The lowest BCUT2D eigenvalue weighted by molar-refractivity contribution is 0.189. The number of likely N-dealkylation sites (tertiary alicyclic amines) is 1. The standard InChI is InChI=1S/C19H31N7.HI/c1-15(2)12-24-10-7-22-18(24)11-23-19(20-4)25-8-5-16(3)17(13-25)26-9-6-21-14-26;/h6-7,9-10,14-17H,5,8,11-13H2,1-4H3,(H,20,23);1H. The molecule has 3 rings (SSSR count). The zero-order chi connectivity index (χ0) is 18.5. The van der Waals surface area contributed by atoms with Gasteiger partial charge in [-0.05, 0) is 18.3 Å². The zero-order valence-electron chi connectivity index (χ0n) is 16.7. The third kappa shape index (κ3) is 5.46. The lowest BCUT2D eigenvalue weighted by Crippen LogP contribution is -2.48. The Labute approximate surface area is 179 Å². The Balaban J connectivity index is 0.00000261. The van der Waals surface area contributed by atoms with Crippen molar-refractivity contribution in [3.8, 4) is 0 Å². The summed E-state index contributed by atoms with van der Waals surface area (Å²) in [6.45, 7) is 10.4. The highest BCUT2D eigenvalue weighted by Crippen LogP contribution is 2.27.